The smallest absolute Gasteiger partial charge is 0.224 e. The van der Waals surface area contributed by atoms with E-state index in [9.17, 15) is 4.79 Å². The van der Waals surface area contributed by atoms with Crippen LogP contribution in [-0.2, 0) is 11.2 Å². The SMILES string of the molecule is COc1ccc(CC(=O)NC2CCCC2)c(OC)c1C. The molecule has 110 valence electrons. The zero-order chi connectivity index (χ0) is 14.5. The van der Waals surface area contributed by atoms with Gasteiger partial charge in [0.05, 0.1) is 20.6 Å². The molecule has 0 saturated heterocycles. The topological polar surface area (TPSA) is 47.6 Å². The summed E-state index contributed by atoms with van der Waals surface area (Å²) in [5, 5.41) is 3.10. The maximum absolute atomic E-state index is 12.1. The second kappa shape index (κ2) is 6.64. The molecule has 1 N–H and O–H groups in total. The van der Waals surface area contributed by atoms with Gasteiger partial charge in [-0.25, -0.2) is 0 Å². The molecule has 0 bridgehead atoms. The fourth-order valence-electron chi connectivity index (χ4n) is 2.90. The zero-order valence-electron chi connectivity index (χ0n) is 12.5. The molecular formula is C16H23NO3. The fraction of sp³-hybridized carbons (Fsp3) is 0.562. The van der Waals surface area contributed by atoms with E-state index < -0.39 is 0 Å². The minimum atomic E-state index is 0.0692. The molecule has 4 nitrogen and oxygen atoms in total. The predicted molar refractivity (Wildman–Crippen MR) is 78.4 cm³/mol. The van der Waals surface area contributed by atoms with Crippen molar-refractivity contribution in [2.45, 2.75) is 45.1 Å². The summed E-state index contributed by atoms with van der Waals surface area (Å²) in [4.78, 5) is 12.1. The van der Waals surface area contributed by atoms with Gasteiger partial charge >= 0.3 is 0 Å². The van der Waals surface area contributed by atoms with Crippen molar-refractivity contribution in [3.05, 3.63) is 23.3 Å². The number of hydrogen-bond acceptors (Lipinski definition) is 3. The lowest BCUT2D eigenvalue weighted by atomic mass is 10.0. The molecule has 0 spiro atoms. The Hall–Kier alpha value is -1.71. The van der Waals surface area contributed by atoms with Crippen LogP contribution in [0.15, 0.2) is 12.1 Å². The van der Waals surface area contributed by atoms with Gasteiger partial charge in [-0.2, -0.15) is 0 Å². The molecule has 0 aromatic heterocycles. The minimum absolute atomic E-state index is 0.0692. The summed E-state index contributed by atoms with van der Waals surface area (Å²) >= 11 is 0. The average molecular weight is 277 g/mol. The number of carbonyl (C=O) groups excluding carboxylic acids is 1. The van der Waals surface area contributed by atoms with Crippen molar-refractivity contribution >= 4 is 5.91 Å². The monoisotopic (exact) mass is 277 g/mol. The molecule has 1 aliphatic carbocycles. The molecular weight excluding hydrogens is 254 g/mol. The van der Waals surface area contributed by atoms with E-state index in [1.807, 2.05) is 19.1 Å². The lowest BCUT2D eigenvalue weighted by molar-refractivity contribution is -0.121. The molecule has 0 heterocycles. The first kappa shape index (κ1) is 14.7. The highest BCUT2D eigenvalue weighted by atomic mass is 16.5. The Kier molecular flexibility index (Phi) is 4.88. The Morgan fingerprint density at radius 2 is 1.95 bits per heavy atom. The summed E-state index contributed by atoms with van der Waals surface area (Å²) in [7, 11) is 3.26. The first-order chi connectivity index (χ1) is 9.65. The molecule has 0 unspecified atom stereocenters. The second-order valence-corrected chi connectivity index (χ2v) is 5.31. The number of hydrogen-bond donors (Lipinski definition) is 1. The Labute approximate surface area is 120 Å². The summed E-state index contributed by atoms with van der Waals surface area (Å²) in [6.07, 6.45) is 4.99. The van der Waals surface area contributed by atoms with E-state index in [1.54, 1.807) is 14.2 Å². The van der Waals surface area contributed by atoms with Gasteiger partial charge < -0.3 is 14.8 Å². The van der Waals surface area contributed by atoms with E-state index in [4.69, 9.17) is 9.47 Å². The number of amides is 1. The van der Waals surface area contributed by atoms with Crippen LogP contribution in [-0.4, -0.2) is 26.2 Å². The molecule has 0 atom stereocenters. The highest BCUT2D eigenvalue weighted by Crippen LogP contribution is 2.31. The number of carbonyl (C=O) groups is 1. The molecule has 1 aromatic carbocycles. The maximum atomic E-state index is 12.1. The molecule has 0 radical (unpaired) electrons. The molecule has 2 rings (SSSR count). The van der Waals surface area contributed by atoms with Crippen molar-refractivity contribution in [3.63, 3.8) is 0 Å². The first-order valence-corrected chi connectivity index (χ1v) is 7.15. The molecule has 1 aromatic rings. The number of rotatable bonds is 5. The number of benzene rings is 1. The van der Waals surface area contributed by atoms with E-state index in [-0.39, 0.29) is 5.91 Å². The number of methoxy groups -OCH3 is 2. The summed E-state index contributed by atoms with van der Waals surface area (Å²) < 4.78 is 10.7. The summed E-state index contributed by atoms with van der Waals surface area (Å²) in [6.45, 7) is 1.94. The predicted octanol–water partition coefficient (Wildman–Crippen LogP) is 2.61. The summed E-state index contributed by atoms with van der Waals surface area (Å²) in [5.41, 5.74) is 1.84. The third-order valence-corrected chi connectivity index (χ3v) is 3.93. The quantitative estimate of drug-likeness (QED) is 0.900. The van der Waals surface area contributed by atoms with E-state index in [1.165, 1.54) is 12.8 Å². The molecule has 1 fully saturated rings. The van der Waals surface area contributed by atoms with Crippen molar-refractivity contribution in [3.8, 4) is 11.5 Å². The van der Waals surface area contributed by atoms with Gasteiger partial charge in [0.1, 0.15) is 11.5 Å². The molecule has 20 heavy (non-hydrogen) atoms. The molecule has 1 saturated carbocycles. The van der Waals surface area contributed by atoms with Crippen molar-refractivity contribution in [1.29, 1.82) is 0 Å². The van der Waals surface area contributed by atoms with Crippen LogP contribution in [0.1, 0.15) is 36.8 Å². The normalized spacial score (nSPS) is 15.2. The Morgan fingerprint density at radius 3 is 2.55 bits per heavy atom. The van der Waals surface area contributed by atoms with E-state index in [2.05, 4.69) is 5.32 Å². The summed E-state index contributed by atoms with van der Waals surface area (Å²) in [6, 6.07) is 4.14. The molecule has 0 aliphatic heterocycles. The van der Waals surface area contributed by atoms with Crippen LogP contribution in [0.3, 0.4) is 0 Å². The van der Waals surface area contributed by atoms with Crippen molar-refractivity contribution in [1.82, 2.24) is 5.32 Å². The van der Waals surface area contributed by atoms with Crippen LogP contribution in [0.2, 0.25) is 0 Å². The van der Waals surface area contributed by atoms with Crippen LogP contribution >= 0.6 is 0 Å². The molecule has 1 aliphatic rings. The third-order valence-electron chi connectivity index (χ3n) is 3.93. The zero-order valence-corrected chi connectivity index (χ0v) is 12.5. The number of nitrogens with one attached hydrogen (secondary N) is 1. The van der Waals surface area contributed by atoms with Crippen molar-refractivity contribution < 1.29 is 14.3 Å². The standard InChI is InChI=1S/C16H23NO3/c1-11-14(19-2)9-8-12(16(11)20-3)10-15(18)17-13-6-4-5-7-13/h8-9,13H,4-7,10H2,1-3H3,(H,17,18). The Morgan fingerprint density at radius 1 is 1.25 bits per heavy atom. The van der Waals surface area contributed by atoms with Gasteiger partial charge in [-0.3, -0.25) is 4.79 Å². The van der Waals surface area contributed by atoms with Gasteiger partial charge in [-0.05, 0) is 25.8 Å². The van der Waals surface area contributed by atoms with Crippen molar-refractivity contribution in [2.24, 2.45) is 0 Å². The minimum Gasteiger partial charge on any atom is -0.496 e. The summed E-state index contributed by atoms with van der Waals surface area (Å²) in [5.74, 6) is 1.59. The van der Waals surface area contributed by atoms with Gasteiger partial charge in [0.2, 0.25) is 5.91 Å². The van der Waals surface area contributed by atoms with Crippen molar-refractivity contribution in [2.75, 3.05) is 14.2 Å². The van der Waals surface area contributed by atoms with Crippen LogP contribution < -0.4 is 14.8 Å². The first-order valence-electron chi connectivity index (χ1n) is 7.15. The second-order valence-electron chi connectivity index (χ2n) is 5.31. The van der Waals surface area contributed by atoms with Gasteiger partial charge in [-0.15, -0.1) is 0 Å². The Bertz CT molecular complexity index is 479. The van der Waals surface area contributed by atoms with Gasteiger partial charge in [0.25, 0.3) is 0 Å². The van der Waals surface area contributed by atoms with Gasteiger partial charge in [0.15, 0.2) is 0 Å². The lowest BCUT2D eigenvalue weighted by Crippen LogP contribution is -2.33. The third kappa shape index (κ3) is 3.24. The maximum Gasteiger partial charge on any atom is 0.224 e. The van der Waals surface area contributed by atoms with Crippen LogP contribution in [0.4, 0.5) is 0 Å². The largest absolute Gasteiger partial charge is 0.496 e. The van der Waals surface area contributed by atoms with E-state index in [0.717, 1.165) is 35.5 Å². The van der Waals surface area contributed by atoms with Gasteiger partial charge in [-0.1, -0.05) is 18.9 Å². The fourth-order valence-corrected chi connectivity index (χ4v) is 2.90. The van der Waals surface area contributed by atoms with Gasteiger partial charge in [0, 0.05) is 17.2 Å². The van der Waals surface area contributed by atoms with E-state index >= 15 is 0 Å². The highest BCUT2D eigenvalue weighted by molar-refractivity contribution is 5.80. The van der Waals surface area contributed by atoms with Crippen LogP contribution in [0.25, 0.3) is 0 Å². The Balaban J connectivity index is 2.08. The lowest BCUT2D eigenvalue weighted by Gasteiger charge is -2.16. The van der Waals surface area contributed by atoms with E-state index in [0.29, 0.717) is 12.5 Å². The highest BCUT2D eigenvalue weighted by Gasteiger charge is 2.19. The number of ether oxygens (including phenoxy) is 2. The molecule has 4 heteroatoms. The average Bonchev–Trinajstić information content (AvgIpc) is 2.92. The molecule has 1 amide bonds. The van der Waals surface area contributed by atoms with Crippen LogP contribution in [0, 0.1) is 6.92 Å². The van der Waals surface area contributed by atoms with Crippen LogP contribution in [0.5, 0.6) is 11.5 Å².